The first-order valence-electron chi connectivity index (χ1n) is 8.54. The lowest BCUT2D eigenvalue weighted by molar-refractivity contribution is 0.0998. The lowest BCUT2D eigenvalue weighted by atomic mass is 10.1. The summed E-state index contributed by atoms with van der Waals surface area (Å²) in [5.41, 5.74) is 2.64. The number of hydrogen-bond acceptors (Lipinski definition) is 4. The van der Waals surface area contributed by atoms with E-state index in [-0.39, 0.29) is 5.91 Å². The summed E-state index contributed by atoms with van der Waals surface area (Å²) in [5.74, 6) is -0.228. The number of thiazole rings is 2. The quantitative estimate of drug-likeness (QED) is 0.403. The smallest absolute Gasteiger partial charge is 0.279 e. The van der Waals surface area contributed by atoms with E-state index < -0.39 is 0 Å². The molecule has 3 aromatic carbocycles. The molecule has 4 nitrogen and oxygen atoms in total. The fourth-order valence-electron chi connectivity index (χ4n) is 3.27. The predicted molar refractivity (Wildman–Crippen MR) is 113 cm³/mol. The van der Waals surface area contributed by atoms with Crippen molar-refractivity contribution in [1.82, 2.24) is 9.55 Å². The third kappa shape index (κ3) is 2.69. The highest BCUT2D eigenvalue weighted by atomic mass is 32.1. The Morgan fingerprint density at radius 1 is 1.04 bits per heavy atom. The first kappa shape index (κ1) is 16.4. The van der Waals surface area contributed by atoms with E-state index in [1.54, 1.807) is 11.3 Å². The lowest BCUT2D eigenvalue weighted by Crippen LogP contribution is -2.13. The van der Waals surface area contributed by atoms with Crippen molar-refractivity contribution in [2.45, 2.75) is 6.92 Å². The molecule has 0 unspecified atom stereocenters. The predicted octanol–water partition coefficient (Wildman–Crippen LogP) is 5.05. The molecule has 5 rings (SSSR count). The number of hydrogen-bond donors (Lipinski definition) is 0. The molecule has 0 atom stereocenters. The van der Waals surface area contributed by atoms with Crippen molar-refractivity contribution in [2.24, 2.45) is 12.0 Å². The maximum atomic E-state index is 12.8. The molecule has 6 heteroatoms. The first-order chi connectivity index (χ1) is 13.1. The fraction of sp³-hybridized carbons (Fsp3) is 0.0952. The molecule has 0 bridgehead atoms. The minimum atomic E-state index is -0.228. The third-order valence-corrected chi connectivity index (χ3v) is 6.73. The van der Waals surface area contributed by atoms with Crippen molar-refractivity contribution in [3.8, 4) is 0 Å². The monoisotopic (exact) mass is 389 g/mol. The van der Waals surface area contributed by atoms with E-state index in [4.69, 9.17) is 0 Å². The fourth-order valence-corrected chi connectivity index (χ4v) is 5.28. The van der Waals surface area contributed by atoms with Gasteiger partial charge >= 0.3 is 0 Å². The van der Waals surface area contributed by atoms with Crippen LogP contribution in [-0.2, 0) is 7.05 Å². The highest BCUT2D eigenvalue weighted by molar-refractivity contribution is 7.21. The van der Waals surface area contributed by atoms with E-state index in [0.717, 1.165) is 36.2 Å². The molecule has 1 amide bonds. The minimum Gasteiger partial charge on any atom is -0.319 e. The van der Waals surface area contributed by atoms with E-state index in [2.05, 4.69) is 22.1 Å². The van der Waals surface area contributed by atoms with Gasteiger partial charge in [0.1, 0.15) is 5.52 Å². The largest absolute Gasteiger partial charge is 0.319 e. The van der Waals surface area contributed by atoms with E-state index in [0.29, 0.717) is 10.4 Å². The third-order valence-electron chi connectivity index (χ3n) is 4.64. The second-order valence-electron chi connectivity index (χ2n) is 6.42. The average Bonchev–Trinajstić information content (AvgIpc) is 3.21. The molecule has 0 aliphatic rings. The number of carbonyl (C=O) groups is 1. The van der Waals surface area contributed by atoms with Crippen LogP contribution in [0.15, 0.2) is 59.6 Å². The zero-order chi connectivity index (χ0) is 18.5. The van der Waals surface area contributed by atoms with Gasteiger partial charge in [0.2, 0.25) is 0 Å². The number of amides is 1. The summed E-state index contributed by atoms with van der Waals surface area (Å²) < 4.78 is 4.20. The van der Waals surface area contributed by atoms with Crippen LogP contribution in [0.4, 0.5) is 0 Å². The number of benzene rings is 3. The van der Waals surface area contributed by atoms with Crippen LogP contribution in [0, 0.1) is 6.92 Å². The summed E-state index contributed by atoms with van der Waals surface area (Å²) in [6, 6.07) is 17.9. The van der Waals surface area contributed by atoms with Crippen LogP contribution in [0.5, 0.6) is 0 Å². The van der Waals surface area contributed by atoms with Gasteiger partial charge in [-0.1, -0.05) is 41.7 Å². The normalized spacial score (nSPS) is 12.4. The van der Waals surface area contributed by atoms with Crippen molar-refractivity contribution in [3.05, 3.63) is 70.0 Å². The molecule has 0 saturated carbocycles. The van der Waals surface area contributed by atoms with E-state index >= 15 is 0 Å². The molecule has 0 aliphatic carbocycles. The summed E-state index contributed by atoms with van der Waals surface area (Å²) in [6.45, 7) is 2.01. The number of aryl methyl sites for hydroxylation is 2. The second kappa shape index (κ2) is 6.11. The summed E-state index contributed by atoms with van der Waals surface area (Å²) in [4.78, 5) is 22.5. The van der Waals surface area contributed by atoms with Crippen LogP contribution >= 0.6 is 22.7 Å². The Balaban J connectivity index is 1.66. The standard InChI is InChI=1S/C21H15N3OS2/c1-12-22-18-17(26-12)10-9-16-19(18)27-21(24(16)2)23-20(25)15-8-7-13-5-3-4-6-14(13)11-15/h3-11H,1-2H3. The van der Waals surface area contributed by atoms with Gasteiger partial charge in [-0.3, -0.25) is 4.79 Å². The van der Waals surface area contributed by atoms with Gasteiger partial charge in [-0.15, -0.1) is 11.3 Å². The van der Waals surface area contributed by atoms with Crippen molar-refractivity contribution < 1.29 is 4.79 Å². The number of rotatable bonds is 1. The summed E-state index contributed by atoms with van der Waals surface area (Å²) in [5, 5.41) is 3.20. The van der Waals surface area contributed by atoms with E-state index in [1.165, 1.54) is 11.3 Å². The van der Waals surface area contributed by atoms with Crippen LogP contribution in [-0.4, -0.2) is 15.5 Å². The topological polar surface area (TPSA) is 47.2 Å². The molecular formula is C21H15N3OS2. The van der Waals surface area contributed by atoms with Crippen molar-refractivity contribution in [3.63, 3.8) is 0 Å². The molecular weight excluding hydrogens is 374 g/mol. The Morgan fingerprint density at radius 2 is 1.85 bits per heavy atom. The van der Waals surface area contributed by atoms with Crippen LogP contribution in [0.3, 0.4) is 0 Å². The second-order valence-corrected chi connectivity index (χ2v) is 8.63. The lowest BCUT2D eigenvalue weighted by Gasteiger charge is -2.00. The number of nitrogens with zero attached hydrogens (tertiary/aromatic N) is 3. The summed E-state index contributed by atoms with van der Waals surface area (Å²) >= 11 is 3.20. The Hall–Kier alpha value is -2.83. The van der Waals surface area contributed by atoms with Gasteiger partial charge in [-0.05, 0) is 42.0 Å². The molecule has 0 aliphatic heterocycles. The molecule has 0 spiro atoms. The van der Waals surface area contributed by atoms with Crippen molar-refractivity contribution in [2.75, 3.05) is 0 Å². The maximum Gasteiger partial charge on any atom is 0.279 e. The van der Waals surface area contributed by atoms with Gasteiger partial charge in [0.05, 0.1) is 19.9 Å². The van der Waals surface area contributed by atoms with Gasteiger partial charge in [0.15, 0.2) is 4.80 Å². The summed E-state index contributed by atoms with van der Waals surface area (Å²) in [7, 11) is 1.94. The van der Waals surface area contributed by atoms with E-state index in [9.17, 15) is 4.79 Å². The van der Waals surface area contributed by atoms with Gasteiger partial charge in [0.25, 0.3) is 5.91 Å². The van der Waals surface area contributed by atoms with E-state index in [1.807, 2.05) is 61.0 Å². The van der Waals surface area contributed by atoms with Crippen LogP contribution in [0.2, 0.25) is 0 Å². The van der Waals surface area contributed by atoms with Gasteiger partial charge in [-0.25, -0.2) is 4.98 Å². The Bertz CT molecular complexity index is 1420. The SMILES string of the molecule is Cc1nc2c(ccc3c2sc(=NC(=O)c2ccc4ccccc4c2)n3C)s1. The van der Waals surface area contributed by atoms with Gasteiger partial charge < -0.3 is 4.57 Å². The molecule has 0 fully saturated rings. The molecule has 5 aromatic rings. The molecule has 0 saturated heterocycles. The number of carbonyl (C=O) groups excluding carboxylic acids is 1. The van der Waals surface area contributed by atoms with Crippen molar-refractivity contribution >= 4 is 59.8 Å². The van der Waals surface area contributed by atoms with Crippen LogP contribution in [0.1, 0.15) is 15.4 Å². The molecule has 0 radical (unpaired) electrons. The first-order valence-corrected chi connectivity index (χ1v) is 10.2. The van der Waals surface area contributed by atoms with Crippen molar-refractivity contribution in [1.29, 1.82) is 0 Å². The zero-order valence-corrected chi connectivity index (χ0v) is 16.4. The summed E-state index contributed by atoms with van der Waals surface area (Å²) in [6.07, 6.45) is 0. The highest BCUT2D eigenvalue weighted by Gasteiger charge is 2.12. The van der Waals surface area contributed by atoms with Gasteiger partial charge in [-0.2, -0.15) is 4.99 Å². The average molecular weight is 390 g/mol. The number of aromatic nitrogens is 2. The molecule has 27 heavy (non-hydrogen) atoms. The Kier molecular flexibility index (Phi) is 3.70. The Morgan fingerprint density at radius 3 is 2.70 bits per heavy atom. The molecule has 2 heterocycles. The highest BCUT2D eigenvalue weighted by Crippen LogP contribution is 2.30. The zero-order valence-electron chi connectivity index (χ0n) is 14.8. The van der Waals surface area contributed by atoms with Crippen LogP contribution in [0.25, 0.3) is 31.2 Å². The molecule has 132 valence electrons. The minimum absolute atomic E-state index is 0.228. The van der Waals surface area contributed by atoms with Crippen LogP contribution < -0.4 is 4.80 Å². The molecule has 2 aromatic heterocycles. The molecule has 0 N–H and O–H groups in total. The maximum absolute atomic E-state index is 12.8. The number of fused-ring (bicyclic) bond motifs is 4. The Labute approximate surface area is 163 Å². The van der Waals surface area contributed by atoms with Gasteiger partial charge in [0, 0.05) is 12.6 Å².